The highest BCUT2D eigenvalue weighted by atomic mass is 19.1. The zero-order valence-electron chi connectivity index (χ0n) is 13.0. The van der Waals surface area contributed by atoms with Crippen molar-refractivity contribution in [3.05, 3.63) is 59.4 Å². The second kappa shape index (κ2) is 5.40. The average Bonchev–Trinajstić information content (AvgIpc) is 2.88. The molecule has 3 nitrogen and oxygen atoms in total. The minimum Gasteiger partial charge on any atom is -0.481 e. The first-order valence-electron chi connectivity index (χ1n) is 7.22. The molecule has 0 radical (unpaired) electrons. The molecule has 0 saturated carbocycles. The molecule has 0 unspecified atom stereocenters. The summed E-state index contributed by atoms with van der Waals surface area (Å²) in [6.07, 6.45) is 0. The van der Waals surface area contributed by atoms with E-state index in [1.807, 2.05) is 0 Å². The van der Waals surface area contributed by atoms with Crippen LogP contribution in [0.5, 0.6) is 0 Å². The largest absolute Gasteiger partial charge is 0.481 e. The van der Waals surface area contributed by atoms with Crippen molar-refractivity contribution in [1.29, 1.82) is 0 Å². The number of fused-ring (bicyclic) bond motifs is 1. The number of carboxylic acid groups (broad SMARTS) is 1. The van der Waals surface area contributed by atoms with Gasteiger partial charge in [0.2, 0.25) is 0 Å². The third-order valence-electron chi connectivity index (χ3n) is 4.12. The molecule has 1 aromatic heterocycles. The number of nitrogens with one attached hydrogen (secondary N) is 1. The van der Waals surface area contributed by atoms with Crippen molar-refractivity contribution in [2.45, 2.75) is 19.3 Å². The molecule has 0 fully saturated rings. The summed E-state index contributed by atoms with van der Waals surface area (Å²) in [7, 11) is 0. The maximum absolute atomic E-state index is 14.1. The van der Waals surface area contributed by atoms with E-state index in [-0.39, 0.29) is 16.5 Å². The SMILES string of the molecule is CC(C)(C(=O)O)c1c(-c2ccc(F)cc2)[nH]c2c(F)cc(F)cc12. The Morgan fingerprint density at radius 2 is 1.67 bits per heavy atom. The lowest BCUT2D eigenvalue weighted by molar-refractivity contribution is -0.142. The Morgan fingerprint density at radius 1 is 1.04 bits per heavy atom. The second-order valence-corrected chi connectivity index (χ2v) is 6.12. The highest BCUT2D eigenvalue weighted by Gasteiger charge is 2.36. The number of halogens is 3. The number of carbonyl (C=O) groups is 1. The highest BCUT2D eigenvalue weighted by molar-refractivity contribution is 5.97. The minimum atomic E-state index is -1.41. The lowest BCUT2D eigenvalue weighted by Gasteiger charge is -2.21. The van der Waals surface area contributed by atoms with Gasteiger partial charge in [-0.05, 0) is 49.7 Å². The monoisotopic (exact) mass is 333 g/mol. The fraction of sp³-hybridized carbons (Fsp3) is 0.167. The summed E-state index contributed by atoms with van der Waals surface area (Å²) in [5.74, 6) is -3.21. The van der Waals surface area contributed by atoms with Crippen LogP contribution in [-0.2, 0) is 10.2 Å². The Labute approximate surface area is 135 Å². The normalized spacial score (nSPS) is 11.9. The predicted molar refractivity (Wildman–Crippen MR) is 84.3 cm³/mol. The molecule has 3 rings (SSSR count). The number of aromatic nitrogens is 1. The molecule has 2 N–H and O–H groups in total. The summed E-state index contributed by atoms with van der Waals surface area (Å²) in [6.45, 7) is 2.90. The second-order valence-electron chi connectivity index (χ2n) is 6.12. The van der Waals surface area contributed by atoms with Crippen molar-refractivity contribution >= 4 is 16.9 Å². The summed E-state index contributed by atoms with van der Waals surface area (Å²) in [6, 6.07) is 7.17. The molecule has 6 heteroatoms. The number of H-pyrrole nitrogens is 1. The maximum atomic E-state index is 14.1. The van der Waals surface area contributed by atoms with Crippen LogP contribution in [0.3, 0.4) is 0 Å². The minimum absolute atomic E-state index is 0.0139. The van der Waals surface area contributed by atoms with Gasteiger partial charge in [0.1, 0.15) is 17.5 Å². The Bertz CT molecular complexity index is 943. The van der Waals surface area contributed by atoms with Crippen LogP contribution in [0.15, 0.2) is 36.4 Å². The predicted octanol–water partition coefficient (Wildman–Crippen LogP) is 4.61. The summed E-state index contributed by atoms with van der Waals surface area (Å²) in [4.78, 5) is 14.5. The van der Waals surface area contributed by atoms with Crippen molar-refractivity contribution in [2.75, 3.05) is 0 Å². The number of hydrogen-bond acceptors (Lipinski definition) is 1. The smallest absolute Gasteiger partial charge is 0.313 e. The van der Waals surface area contributed by atoms with Crippen molar-refractivity contribution in [2.24, 2.45) is 0 Å². The topological polar surface area (TPSA) is 53.1 Å². The summed E-state index contributed by atoms with van der Waals surface area (Å²) in [5.41, 5.74) is -0.351. The number of rotatable bonds is 3. The van der Waals surface area contributed by atoms with Gasteiger partial charge < -0.3 is 10.1 Å². The number of hydrogen-bond donors (Lipinski definition) is 2. The molecule has 0 aliphatic carbocycles. The fourth-order valence-electron chi connectivity index (χ4n) is 2.81. The Balaban J connectivity index is 2.42. The lowest BCUT2D eigenvalue weighted by Crippen LogP contribution is -2.29. The van der Waals surface area contributed by atoms with Crippen LogP contribution in [0.25, 0.3) is 22.2 Å². The van der Waals surface area contributed by atoms with Gasteiger partial charge in [0.05, 0.1) is 16.6 Å². The van der Waals surface area contributed by atoms with E-state index >= 15 is 0 Å². The van der Waals surface area contributed by atoms with E-state index in [1.165, 1.54) is 38.1 Å². The van der Waals surface area contributed by atoms with Crippen LogP contribution >= 0.6 is 0 Å². The lowest BCUT2D eigenvalue weighted by atomic mass is 9.81. The van der Waals surface area contributed by atoms with Gasteiger partial charge >= 0.3 is 5.97 Å². The molecule has 0 bridgehead atoms. The van der Waals surface area contributed by atoms with Crippen LogP contribution in [0.1, 0.15) is 19.4 Å². The molecule has 2 aromatic carbocycles. The molecule has 0 aliphatic heterocycles. The van der Waals surface area contributed by atoms with Gasteiger partial charge in [0, 0.05) is 17.0 Å². The first-order valence-corrected chi connectivity index (χ1v) is 7.22. The van der Waals surface area contributed by atoms with Crippen LogP contribution < -0.4 is 0 Å². The fourth-order valence-corrected chi connectivity index (χ4v) is 2.81. The van der Waals surface area contributed by atoms with Crippen LogP contribution in [0.4, 0.5) is 13.2 Å². The number of benzene rings is 2. The molecule has 0 atom stereocenters. The van der Waals surface area contributed by atoms with Gasteiger partial charge in [-0.3, -0.25) is 4.79 Å². The zero-order valence-corrected chi connectivity index (χ0v) is 13.0. The third kappa shape index (κ3) is 2.44. The summed E-state index contributed by atoms with van der Waals surface area (Å²) < 4.78 is 41.0. The zero-order chi connectivity index (χ0) is 17.6. The molecule has 0 saturated heterocycles. The van der Waals surface area contributed by atoms with E-state index in [9.17, 15) is 23.1 Å². The van der Waals surface area contributed by atoms with Gasteiger partial charge in [0.15, 0.2) is 0 Å². The van der Waals surface area contributed by atoms with E-state index in [0.29, 0.717) is 11.3 Å². The number of aromatic amines is 1. The summed E-state index contributed by atoms with van der Waals surface area (Å²) >= 11 is 0. The quantitative estimate of drug-likeness (QED) is 0.735. The van der Waals surface area contributed by atoms with Gasteiger partial charge in [-0.1, -0.05) is 0 Å². The van der Waals surface area contributed by atoms with E-state index in [1.54, 1.807) is 0 Å². The molecule has 124 valence electrons. The molecule has 0 aliphatic rings. The van der Waals surface area contributed by atoms with E-state index in [2.05, 4.69) is 4.98 Å². The Morgan fingerprint density at radius 3 is 2.25 bits per heavy atom. The van der Waals surface area contributed by atoms with Crippen molar-refractivity contribution < 1.29 is 23.1 Å². The standard InChI is InChI=1S/C18H14F3NO2/c1-18(2,17(23)24)14-12-7-11(20)8-13(21)16(12)22-15(14)9-3-5-10(19)6-4-9/h3-8,22H,1-2H3,(H,23,24). The Hall–Kier alpha value is -2.76. The third-order valence-corrected chi connectivity index (χ3v) is 4.12. The molecular weight excluding hydrogens is 319 g/mol. The van der Waals surface area contributed by atoms with Crippen LogP contribution in [0, 0.1) is 17.5 Å². The average molecular weight is 333 g/mol. The van der Waals surface area contributed by atoms with E-state index in [0.717, 1.165) is 12.1 Å². The first kappa shape index (κ1) is 16.1. The van der Waals surface area contributed by atoms with Gasteiger partial charge in [-0.25, -0.2) is 13.2 Å². The molecule has 24 heavy (non-hydrogen) atoms. The number of aliphatic carboxylic acids is 1. The molecule has 3 aromatic rings. The highest BCUT2D eigenvalue weighted by Crippen LogP contribution is 2.40. The van der Waals surface area contributed by atoms with Crippen molar-refractivity contribution in [3.8, 4) is 11.3 Å². The van der Waals surface area contributed by atoms with Gasteiger partial charge in [0.25, 0.3) is 0 Å². The van der Waals surface area contributed by atoms with Crippen molar-refractivity contribution in [3.63, 3.8) is 0 Å². The van der Waals surface area contributed by atoms with Crippen molar-refractivity contribution in [1.82, 2.24) is 4.98 Å². The van der Waals surface area contributed by atoms with E-state index < -0.39 is 28.8 Å². The maximum Gasteiger partial charge on any atom is 0.313 e. The van der Waals surface area contributed by atoms with E-state index in [4.69, 9.17) is 0 Å². The molecule has 0 amide bonds. The summed E-state index contributed by atoms with van der Waals surface area (Å²) in [5, 5.41) is 9.72. The number of carboxylic acids is 1. The van der Waals surface area contributed by atoms with Gasteiger partial charge in [-0.15, -0.1) is 0 Å². The van der Waals surface area contributed by atoms with Gasteiger partial charge in [-0.2, -0.15) is 0 Å². The van der Waals surface area contributed by atoms with Crippen LogP contribution in [0.2, 0.25) is 0 Å². The first-order chi connectivity index (χ1) is 11.2. The molecule has 0 spiro atoms. The van der Waals surface area contributed by atoms with Crippen LogP contribution in [-0.4, -0.2) is 16.1 Å². The molecular formula is C18H14F3NO2. The Kier molecular flexibility index (Phi) is 3.63. The molecule has 1 heterocycles.